The highest BCUT2D eigenvalue weighted by Crippen LogP contribution is 2.39. The van der Waals surface area contributed by atoms with Gasteiger partial charge in [0.15, 0.2) is 23.0 Å². The van der Waals surface area contributed by atoms with E-state index in [0.717, 1.165) is 12.8 Å². The molecule has 0 saturated carbocycles. The van der Waals surface area contributed by atoms with E-state index in [9.17, 15) is 14.4 Å². The van der Waals surface area contributed by atoms with Crippen LogP contribution in [0.25, 0.3) is 16.5 Å². The van der Waals surface area contributed by atoms with E-state index in [1.807, 2.05) is 32.9 Å². The van der Waals surface area contributed by atoms with E-state index in [0.29, 0.717) is 29.6 Å². The molecule has 3 aromatic heterocycles. The summed E-state index contributed by atoms with van der Waals surface area (Å²) < 4.78 is 36.3. The fourth-order valence-electron chi connectivity index (χ4n) is 6.30. The Morgan fingerprint density at radius 2 is 1.77 bits per heavy atom. The molecule has 1 aliphatic heterocycles. The first-order chi connectivity index (χ1) is 22.4. The molecule has 0 spiro atoms. The number of aromatic nitrogens is 3. The van der Waals surface area contributed by atoms with Crippen molar-refractivity contribution in [2.45, 2.75) is 57.5 Å². The minimum Gasteiger partial charge on any atom is -0.453 e. The molecule has 1 fully saturated rings. The zero-order valence-corrected chi connectivity index (χ0v) is 26.6. The average molecular weight is 657 g/mol. The third-order valence-electron chi connectivity index (χ3n) is 8.62. The molecule has 1 unspecified atom stereocenters. The van der Waals surface area contributed by atoms with Gasteiger partial charge in [-0.25, -0.2) is 18.7 Å². The summed E-state index contributed by atoms with van der Waals surface area (Å²) in [4.78, 5) is 22.6. The molecule has 0 radical (unpaired) electrons. The highest BCUT2D eigenvalue weighted by molar-refractivity contribution is 6.33. The van der Waals surface area contributed by atoms with Crippen LogP contribution in [0, 0.1) is 23.0 Å². The molecule has 9 nitrogen and oxygen atoms in total. The van der Waals surface area contributed by atoms with Gasteiger partial charge in [-0.1, -0.05) is 11.6 Å². The molecule has 5 aromatic rings. The lowest BCUT2D eigenvalue weighted by atomic mass is 9.78. The van der Waals surface area contributed by atoms with E-state index in [1.54, 1.807) is 18.3 Å². The van der Waals surface area contributed by atoms with E-state index in [-0.39, 0.29) is 39.1 Å². The van der Waals surface area contributed by atoms with Gasteiger partial charge in [-0.2, -0.15) is 10.3 Å². The maximum Gasteiger partial charge on any atom is 0.266 e. The summed E-state index contributed by atoms with van der Waals surface area (Å²) in [6, 6.07) is 16.6. The van der Waals surface area contributed by atoms with Crippen molar-refractivity contribution >= 4 is 33.9 Å². The van der Waals surface area contributed by atoms with Gasteiger partial charge in [-0.15, -0.1) is 0 Å². The molecule has 0 aliphatic carbocycles. The Balaban J connectivity index is 1.40. The Bertz CT molecular complexity index is 2100. The molecule has 1 atom stereocenters. The van der Waals surface area contributed by atoms with E-state index >= 15 is 4.39 Å². The van der Waals surface area contributed by atoms with Crippen molar-refractivity contribution < 1.29 is 18.7 Å². The minimum atomic E-state index is -0.732. The molecule has 2 N–H and O–H groups in total. The van der Waals surface area contributed by atoms with Crippen LogP contribution in [0.4, 0.5) is 20.3 Å². The maximum atomic E-state index is 15.2. The standard InChI is InChI=1S/C35H31ClF2N6O3/c1-34(2)13-4-14-35(3,44(34)46)19-25-17-21-11-15-41-32(30(21)33(45)43(25)24-8-5-22(37)6-9-24)42-23-7-10-28(26(38)18-23)47-29-12-16-40-27(20-39)31(29)36/h5-12,15-18,46H,4,13-14,19H2,1-3H3,(H,41,42). The molecular weight excluding hydrogens is 626 g/mol. The van der Waals surface area contributed by atoms with Crippen LogP contribution in [0.15, 0.2) is 77.9 Å². The van der Waals surface area contributed by atoms with Crippen molar-refractivity contribution in [1.29, 1.82) is 5.26 Å². The van der Waals surface area contributed by atoms with Crippen LogP contribution in [0.1, 0.15) is 51.4 Å². The Kier molecular flexibility index (Phi) is 8.44. The number of rotatable bonds is 7. The number of fused-ring (bicyclic) bond motifs is 1. The van der Waals surface area contributed by atoms with Crippen molar-refractivity contribution in [2.75, 3.05) is 5.32 Å². The van der Waals surface area contributed by atoms with Gasteiger partial charge in [0.05, 0.1) is 5.39 Å². The van der Waals surface area contributed by atoms with Gasteiger partial charge in [-0.05, 0) is 94.0 Å². The molecule has 240 valence electrons. The fraction of sp³-hybridized carbons (Fsp3) is 0.257. The fourth-order valence-corrected chi connectivity index (χ4v) is 6.50. The number of hydrogen-bond donors (Lipinski definition) is 2. The van der Waals surface area contributed by atoms with Crippen LogP contribution in [0.3, 0.4) is 0 Å². The first kappa shape index (κ1) is 32.1. The molecule has 0 amide bonds. The Labute approximate surface area is 274 Å². The number of nitriles is 1. The predicted octanol–water partition coefficient (Wildman–Crippen LogP) is 8.07. The van der Waals surface area contributed by atoms with Crippen LogP contribution < -0.4 is 15.6 Å². The van der Waals surface area contributed by atoms with Gasteiger partial charge in [0.1, 0.15) is 22.7 Å². The van der Waals surface area contributed by atoms with E-state index in [4.69, 9.17) is 21.6 Å². The maximum absolute atomic E-state index is 15.2. The number of hydrogen-bond acceptors (Lipinski definition) is 8. The highest BCUT2D eigenvalue weighted by Gasteiger charge is 2.44. The quantitative estimate of drug-likeness (QED) is 0.181. The van der Waals surface area contributed by atoms with Crippen LogP contribution in [0.5, 0.6) is 11.5 Å². The van der Waals surface area contributed by atoms with Crippen molar-refractivity contribution in [3.63, 3.8) is 0 Å². The summed E-state index contributed by atoms with van der Waals surface area (Å²) in [5.74, 6) is -1.06. The third-order valence-corrected chi connectivity index (χ3v) is 8.98. The number of pyridine rings is 3. The number of hydroxylamine groups is 2. The number of piperidine rings is 1. The van der Waals surface area contributed by atoms with Crippen molar-refractivity contribution in [2.24, 2.45) is 0 Å². The number of benzene rings is 2. The van der Waals surface area contributed by atoms with Crippen LogP contribution >= 0.6 is 11.6 Å². The van der Waals surface area contributed by atoms with Gasteiger partial charge in [0, 0.05) is 59.1 Å². The third kappa shape index (κ3) is 6.15. The molecule has 1 aliphatic rings. The number of halogens is 3. The van der Waals surface area contributed by atoms with Crippen LogP contribution in [-0.2, 0) is 6.42 Å². The van der Waals surface area contributed by atoms with Crippen LogP contribution in [0.2, 0.25) is 5.02 Å². The van der Waals surface area contributed by atoms with Gasteiger partial charge >= 0.3 is 0 Å². The van der Waals surface area contributed by atoms with Crippen molar-refractivity contribution in [1.82, 2.24) is 19.6 Å². The smallest absolute Gasteiger partial charge is 0.266 e. The summed E-state index contributed by atoms with van der Waals surface area (Å²) in [6.45, 7) is 5.95. The van der Waals surface area contributed by atoms with E-state index in [1.165, 1.54) is 58.3 Å². The highest BCUT2D eigenvalue weighted by atomic mass is 35.5. The monoisotopic (exact) mass is 656 g/mol. The molecule has 0 bridgehead atoms. The second-order valence-electron chi connectivity index (χ2n) is 12.5. The molecule has 2 aromatic carbocycles. The number of nitrogens with zero attached hydrogens (tertiary/aromatic N) is 5. The molecule has 47 heavy (non-hydrogen) atoms. The molecule has 6 rings (SSSR count). The summed E-state index contributed by atoms with van der Waals surface area (Å²) >= 11 is 6.16. The largest absolute Gasteiger partial charge is 0.453 e. The number of anilines is 2. The second kappa shape index (κ2) is 12.4. The molecule has 12 heteroatoms. The predicted molar refractivity (Wildman–Crippen MR) is 175 cm³/mol. The Morgan fingerprint density at radius 3 is 2.49 bits per heavy atom. The average Bonchev–Trinajstić information content (AvgIpc) is 3.03. The zero-order valence-electron chi connectivity index (χ0n) is 25.9. The zero-order chi connectivity index (χ0) is 33.5. The van der Waals surface area contributed by atoms with E-state index in [2.05, 4.69) is 15.3 Å². The van der Waals surface area contributed by atoms with Crippen molar-refractivity contribution in [3.8, 4) is 23.3 Å². The topological polar surface area (TPSA) is 116 Å². The first-order valence-electron chi connectivity index (χ1n) is 15.0. The van der Waals surface area contributed by atoms with Crippen LogP contribution in [-0.4, -0.2) is 35.9 Å². The lowest BCUT2D eigenvalue weighted by Gasteiger charge is -2.50. The summed E-state index contributed by atoms with van der Waals surface area (Å²) in [5.41, 5.74) is -0.214. The molecule has 1 saturated heterocycles. The summed E-state index contributed by atoms with van der Waals surface area (Å²) in [6.07, 6.45) is 5.67. The second-order valence-corrected chi connectivity index (χ2v) is 12.9. The SMILES string of the molecule is CC1(C)CCCC(C)(Cc2cc3ccnc(Nc4ccc(Oc5ccnc(C#N)c5Cl)c(F)c4)c3c(=O)n2-c2ccc(F)cc2)N1O. The number of nitrogens with one attached hydrogen (secondary N) is 1. The lowest BCUT2D eigenvalue weighted by Crippen LogP contribution is -2.59. The summed E-state index contributed by atoms with van der Waals surface area (Å²) in [5, 5.41) is 25.7. The van der Waals surface area contributed by atoms with Gasteiger partial charge in [0.2, 0.25) is 0 Å². The van der Waals surface area contributed by atoms with E-state index < -0.39 is 28.3 Å². The normalized spacial score (nSPS) is 17.7. The minimum absolute atomic E-state index is 0.0405. The van der Waals surface area contributed by atoms with Gasteiger partial charge < -0.3 is 15.3 Å². The molecule has 4 heterocycles. The van der Waals surface area contributed by atoms with Gasteiger partial charge in [-0.3, -0.25) is 9.36 Å². The Hall–Kier alpha value is -4.89. The molecular formula is C35H31ClF2N6O3. The first-order valence-corrected chi connectivity index (χ1v) is 15.4. The Morgan fingerprint density at radius 1 is 1.02 bits per heavy atom. The number of ether oxygens (including phenoxy) is 1. The summed E-state index contributed by atoms with van der Waals surface area (Å²) in [7, 11) is 0. The van der Waals surface area contributed by atoms with Gasteiger partial charge in [0.25, 0.3) is 5.56 Å². The lowest BCUT2D eigenvalue weighted by molar-refractivity contribution is -0.247. The van der Waals surface area contributed by atoms with Crippen molar-refractivity contribution in [3.05, 3.63) is 111 Å².